The highest BCUT2D eigenvalue weighted by atomic mass is 35.5. The number of aryl methyl sites for hydroxylation is 1. The van der Waals surface area contributed by atoms with Crippen LogP contribution >= 0.6 is 11.6 Å². The average molecular weight is 512 g/mol. The number of carbonyl (C=O) groups excluding carboxylic acids is 1. The second-order valence-electron chi connectivity index (χ2n) is 10.0. The van der Waals surface area contributed by atoms with E-state index in [-0.39, 0.29) is 5.91 Å². The molecule has 0 N–H and O–H groups in total. The molecule has 0 saturated heterocycles. The molecule has 35 heavy (non-hydrogen) atoms. The molecule has 0 saturated carbocycles. The number of carbonyl (C=O) groups is 1. The Balaban J connectivity index is 1.48. The van der Waals surface area contributed by atoms with E-state index in [4.69, 9.17) is 16.3 Å². The molecule has 1 aliphatic heterocycles. The SMILES string of the molecule is Cn1ncc2c1C(c1ccc(Cl)cc1F)N(c1ccc3c(c1)ncn3COCC[Si](C)(C)C)C2=O. The van der Waals surface area contributed by atoms with Crippen LogP contribution in [0.2, 0.25) is 30.7 Å². The fraction of sp³-hybridized carbons (Fsp3) is 0.320. The molecule has 1 unspecified atom stereocenters. The summed E-state index contributed by atoms with van der Waals surface area (Å²) in [7, 11) is 0.597. The summed E-state index contributed by atoms with van der Waals surface area (Å²) in [6.07, 6.45) is 3.27. The number of hydrogen-bond donors (Lipinski definition) is 0. The molecular weight excluding hydrogens is 485 g/mol. The first-order valence-electron chi connectivity index (χ1n) is 11.5. The van der Waals surface area contributed by atoms with E-state index in [1.54, 1.807) is 35.1 Å². The highest BCUT2D eigenvalue weighted by Gasteiger charge is 2.43. The second kappa shape index (κ2) is 8.89. The number of hydrogen-bond acceptors (Lipinski definition) is 4. The van der Waals surface area contributed by atoms with Crippen molar-refractivity contribution in [3.8, 4) is 0 Å². The van der Waals surface area contributed by atoms with Crippen LogP contribution in [-0.2, 0) is 18.5 Å². The lowest BCUT2D eigenvalue weighted by Crippen LogP contribution is -2.30. The normalized spacial score (nSPS) is 15.9. The van der Waals surface area contributed by atoms with Crippen molar-refractivity contribution >= 4 is 42.3 Å². The molecule has 1 amide bonds. The Hall–Kier alpha value is -3.01. The first-order chi connectivity index (χ1) is 16.6. The second-order valence-corrected chi connectivity index (χ2v) is 16.1. The Morgan fingerprint density at radius 1 is 1.17 bits per heavy atom. The summed E-state index contributed by atoms with van der Waals surface area (Å²) in [6.45, 7) is 8.10. The maximum Gasteiger partial charge on any atom is 0.262 e. The molecule has 1 aliphatic rings. The number of nitrogens with zero attached hydrogens (tertiary/aromatic N) is 5. The van der Waals surface area contributed by atoms with Gasteiger partial charge in [-0.25, -0.2) is 9.37 Å². The van der Waals surface area contributed by atoms with Gasteiger partial charge in [0.1, 0.15) is 18.6 Å². The average Bonchev–Trinajstić information content (AvgIpc) is 3.45. The van der Waals surface area contributed by atoms with Gasteiger partial charge in [0.15, 0.2) is 0 Å². The van der Waals surface area contributed by atoms with Crippen molar-refractivity contribution in [1.29, 1.82) is 0 Å². The Labute approximate surface area is 209 Å². The molecule has 3 heterocycles. The molecule has 5 rings (SSSR count). The summed E-state index contributed by atoms with van der Waals surface area (Å²) in [5, 5.41) is 4.53. The number of benzene rings is 2. The maximum absolute atomic E-state index is 15.0. The predicted molar refractivity (Wildman–Crippen MR) is 137 cm³/mol. The lowest BCUT2D eigenvalue weighted by Gasteiger charge is -2.27. The Bertz CT molecular complexity index is 1430. The van der Waals surface area contributed by atoms with Crippen molar-refractivity contribution in [1.82, 2.24) is 19.3 Å². The summed E-state index contributed by atoms with van der Waals surface area (Å²) in [5.74, 6) is -0.712. The largest absolute Gasteiger partial charge is 0.361 e. The monoisotopic (exact) mass is 511 g/mol. The minimum atomic E-state index is -1.16. The van der Waals surface area contributed by atoms with E-state index in [0.717, 1.165) is 23.7 Å². The quantitative estimate of drug-likeness (QED) is 0.238. The van der Waals surface area contributed by atoms with Crippen LogP contribution in [0.25, 0.3) is 11.0 Å². The van der Waals surface area contributed by atoms with Crippen molar-refractivity contribution in [2.75, 3.05) is 11.5 Å². The van der Waals surface area contributed by atoms with Crippen LogP contribution in [0, 0.1) is 5.82 Å². The molecule has 182 valence electrons. The molecule has 0 spiro atoms. The molecule has 2 aromatic heterocycles. The van der Waals surface area contributed by atoms with Gasteiger partial charge < -0.3 is 9.30 Å². The Kier molecular flexibility index (Phi) is 6.02. The van der Waals surface area contributed by atoms with E-state index in [9.17, 15) is 4.79 Å². The summed E-state index contributed by atoms with van der Waals surface area (Å²) in [5.41, 5.74) is 3.70. The topological polar surface area (TPSA) is 65.2 Å². The summed E-state index contributed by atoms with van der Waals surface area (Å²) < 4.78 is 24.5. The van der Waals surface area contributed by atoms with Crippen molar-refractivity contribution in [3.63, 3.8) is 0 Å². The number of aromatic nitrogens is 4. The first kappa shape index (κ1) is 23.7. The van der Waals surface area contributed by atoms with Crippen LogP contribution in [0.1, 0.15) is 27.7 Å². The molecule has 2 aromatic carbocycles. The van der Waals surface area contributed by atoms with Crippen LogP contribution in [0.5, 0.6) is 0 Å². The van der Waals surface area contributed by atoms with Gasteiger partial charge in [-0.3, -0.25) is 14.4 Å². The summed E-state index contributed by atoms with van der Waals surface area (Å²) >= 11 is 5.99. The Morgan fingerprint density at radius 2 is 1.97 bits per heavy atom. The standard InChI is InChI=1S/C25H27ClFN5O2Si/c1-30-23-19(13-29-30)25(33)32(24(23)18-7-5-16(26)11-20(18)27)17-6-8-22-21(12-17)28-14-31(22)15-34-9-10-35(2,3)4/h5-8,11-14,24H,9-10,15H2,1-4H3. The molecule has 1 atom stereocenters. The minimum Gasteiger partial charge on any atom is -0.361 e. The Morgan fingerprint density at radius 3 is 2.71 bits per heavy atom. The lowest BCUT2D eigenvalue weighted by atomic mass is 10.0. The number of amides is 1. The number of imidazole rings is 1. The van der Waals surface area contributed by atoms with E-state index in [1.165, 1.54) is 12.3 Å². The number of fused-ring (bicyclic) bond motifs is 2. The van der Waals surface area contributed by atoms with Gasteiger partial charge in [0, 0.05) is 38.0 Å². The van der Waals surface area contributed by atoms with Crippen molar-refractivity contribution < 1.29 is 13.9 Å². The van der Waals surface area contributed by atoms with Crippen LogP contribution in [0.4, 0.5) is 10.1 Å². The van der Waals surface area contributed by atoms with Crippen molar-refractivity contribution in [2.24, 2.45) is 7.05 Å². The van der Waals surface area contributed by atoms with Crippen LogP contribution < -0.4 is 4.90 Å². The molecule has 7 nitrogen and oxygen atoms in total. The van der Waals surface area contributed by atoms with E-state index in [0.29, 0.717) is 34.3 Å². The number of rotatable bonds is 7. The number of ether oxygens (including phenoxy) is 1. The van der Waals surface area contributed by atoms with Crippen LogP contribution in [-0.4, -0.2) is 39.9 Å². The fourth-order valence-corrected chi connectivity index (χ4v) is 5.34. The van der Waals surface area contributed by atoms with Gasteiger partial charge in [0.25, 0.3) is 5.91 Å². The van der Waals surface area contributed by atoms with E-state index >= 15 is 4.39 Å². The van der Waals surface area contributed by atoms with E-state index < -0.39 is 19.9 Å². The highest BCUT2D eigenvalue weighted by Crippen LogP contribution is 2.43. The van der Waals surface area contributed by atoms with E-state index in [2.05, 4.69) is 29.7 Å². The van der Waals surface area contributed by atoms with Gasteiger partial charge in [0.2, 0.25) is 0 Å². The third-order valence-electron chi connectivity index (χ3n) is 6.32. The zero-order chi connectivity index (χ0) is 24.9. The molecule has 0 aliphatic carbocycles. The van der Waals surface area contributed by atoms with Gasteiger partial charge >= 0.3 is 0 Å². The van der Waals surface area contributed by atoms with Crippen LogP contribution in [0.3, 0.4) is 0 Å². The molecule has 4 aromatic rings. The van der Waals surface area contributed by atoms with Crippen LogP contribution in [0.15, 0.2) is 48.9 Å². The van der Waals surface area contributed by atoms with E-state index in [1.807, 2.05) is 22.8 Å². The predicted octanol–water partition coefficient (Wildman–Crippen LogP) is 5.62. The maximum atomic E-state index is 15.0. The molecule has 0 bridgehead atoms. The third kappa shape index (κ3) is 4.39. The van der Waals surface area contributed by atoms with Crippen molar-refractivity contribution in [2.45, 2.75) is 38.5 Å². The van der Waals surface area contributed by atoms with Crippen molar-refractivity contribution in [3.05, 3.63) is 76.6 Å². The summed E-state index contributed by atoms with van der Waals surface area (Å²) in [4.78, 5) is 19.6. The minimum absolute atomic E-state index is 0.235. The zero-order valence-electron chi connectivity index (χ0n) is 20.1. The number of halogens is 2. The summed E-state index contributed by atoms with van der Waals surface area (Å²) in [6, 6.07) is 10.6. The molecular formula is C25H27ClFN5O2Si. The van der Waals surface area contributed by atoms with Gasteiger partial charge in [-0.1, -0.05) is 37.3 Å². The smallest absolute Gasteiger partial charge is 0.262 e. The first-order valence-corrected chi connectivity index (χ1v) is 15.6. The lowest BCUT2D eigenvalue weighted by molar-refractivity contribution is 0.0898. The van der Waals surface area contributed by atoms with Gasteiger partial charge in [-0.15, -0.1) is 0 Å². The number of anilines is 1. The molecule has 0 fully saturated rings. The third-order valence-corrected chi connectivity index (χ3v) is 8.26. The fourth-order valence-electron chi connectivity index (χ4n) is 4.43. The van der Waals surface area contributed by atoms with Gasteiger partial charge in [-0.2, -0.15) is 5.10 Å². The zero-order valence-corrected chi connectivity index (χ0v) is 21.9. The van der Waals surface area contributed by atoms with Gasteiger partial charge in [-0.05, 0) is 36.4 Å². The molecule has 0 radical (unpaired) electrons. The van der Waals surface area contributed by atoms with Gasteiger partial charge in [0.05, 0.1) is 34.8 Å². The highest BCUT2D eigenvalue weighted by molar-refractivity contribution is 6.76. The molecule has 10 heteroatoms.